The molecule has 2 nitrogen and oxygen atoms in total. The number of benzene rings is 1. The highest BCUT2D eigenvalue weighted by Crippen LogP contribution is 2.14. The smallest absolute Gasteiger partial charge is 0.224 e. The molecule has 0 saturated heterocycles. The fraction of sp³-hybridized carbons (Fsp3) is 0.222. The van der Waals surface area contributed by atoms with Crippen LogP contribution in [0, 0.1) is 5.82 Å². The molecule has 1 aromatic rings. The van der Waals surface area contributed by atoms with Gasteiger partial charge in [-0.25, -0.2) is 4.39 Å². The molecular formula is C9H9ClFNO. The van der Waals surface area contributed by atoms with Crippen LogP contribution in [0.5, 0.6) is 0 Å². The molecule has 1 aromatic carbocycles. The Balaban J connectivity index is 2.83. The molecule has 0 fully saturated rings. The number of likely N-dealkylation sites (N-methyl/N-ethyl adjacent to an activating group) is 1. The Morgan fingerprint density at radius 1 is 1.54 bits per heavy atom. The predicted molar refractivity (Wildman–Crippen MR) is 49.2 cm³/mol. The van der Waals surface area contributed by atoms with Crippen LogP contribution in [0.2, 0.25) is 5.02 Å². The van der Waals surface area contributed by atoms with Gasteiger partial charge < -0.3 is 5.32 Å². The van der Waals surface area contributed by atoms with Crippen LogP contribution in [0.4, 0.5) is 4.39 Å². The van der Waals surface area contributed by atoms with Crippen molar-refractivity contribution in [2.24, 2.45) is 0 Å². The highest BCUT2D eigenvalue weighted by molar-refractivity contribution is 6.30. The number of hydrogen-bond acceptors (Lipinski definition) is 1. The van der Waals surface area contributed by atoms with Gasteiger partial charge in [0.1, 0.15) is 5.82 Å². The molecular weight excluding hydrogens is 193 g/mol. The largest absolute Gasteiger partial charge is 0.359 e. The fourth-order valence-electron chi connectivity index (χ4n) is 0.987. The van der Waals surface area contributed by atoms with Gasteiger partial charge in [-0.3, -0.25) is 4.79 Å². The Morgan fingerprint density at radius 2 is 2.23 bits per heavy atom. The molecule has 0 bridgehead atoms. The molecule has 1 amide bonds. The predicted octanol–water partition coefficient (Wildman–Crippen LogP) is 1.77. The zero-order valence-corrected chi connectivity index (χ0v) is 7.86. The normalized spacial score (nSPS) is 9.77. The summed E-state index contributed by atoms with van der Waals surface area (Å²) in [7, 11) is 1.53. The minimum atomic E-state index is -0.425. The van der Waals surface area contributed by atoms with Gasteiger partial charge in [-0.05, 0) is 23.8 Å². The lowest BCUT2D eigenvalue weighted by molar-refractivity contribution is -0.119. The zero-order valence-electron chi connectivity index (χ0n) is 7.10. The summed E-state index contributed by atoms with van der Waals surface area (Å²) in [5.41, 5.74) is 0.573. The lowest BCUT2D eigenvalue weighted by atomic mass is 10.1. The summed E-state index contributed by atoms with van der Waals surface area (Å²) in [5.74, 6) is -0.590. The van der Waals surface area contributed by atoms with Crippen molar-refractivity contribution < 1.29 is 9.18 Å². The fourth-order valence-corrected chi connectivity index (χ4v) is 1.23. The number of hydrogen-bond donors (Lipinski definition) is 1. The quantitative estimate of drug-likeness (QED) is 0.777. The first-order chi connectivity index (χ1) is 6.11. The maximum absolute atomic E-state index is 12.8. The van der Waals surface area contributed by atoms with Crippen molar-refractivity contribution in [2.45, 2.75) is 6.42 Å². The van der Waals surface area contributed by atoms with E-state index >= 15 is 0 Å². The van der Waals surface area contributed by atoms with E-state index in [-0.39, 0.29) is 12.3 Å². The van der Waals surface area contributed by atoms with Gasteiger partial charge in [-0.2, -0.15) is 0 Å². The van der Waals surface area contributed by atoms with E-state index in [9.17, 15) is 9.18 Å². The first kappa shape index (κ1) is 9.99. The lowest BCUT2D eigenvalue weighted by Gasteiger charge is -2.01. The summed E-state index contributed by atoms with van der Waals surface area (Å²) >= 11 is 5.61. The van der Waals surface area contributed by atoms with Gasteiger partial charge >= 0.3 is 0 Å². The summed E-state index contributed by atoms with van der Waals surface area (Å²) in [5, 5.41) is 2.75. The Hall–Kier alpha value is -1.09. The molecule has 0 spiro atoms. The molecule has 0 saturated carbocycles. The van der Waals surface area contributed by atoms with Crippen molar-refractivity contribution in [3.05, 3.63) is 34.6 Å². The molecule has 0 aliphatic heterocycles. The van der Waals surface area contributed by atoms with Crippen molar-refractivity contribution in [1.82, 2.24) is 5.32 Å². The van der Waals surface area contributed by atoms with Crippen molar-refractivity contribution >= 4 is 17.5 Å². The van der Waals surface area contributed by atoms with Crippen molar-refractivity contribution in [3.63, 3.8) is 0 Å². The number of nitrogens with one attached hydrogen (secondary N) is 1. The second-order valence-electron chi connectivity index (χ2n) is 2.63. The average molecular weight is 202 g/mol. The molecule has 1 rings (SSSR count). The van der Waals surface area contributed by atoms with Crippen LogP contribution in [0.25, 0.3) is 0 Å². The first-order valence-corrected chi connectivity index (χ1v) is 4.15. The van der Waals surface area contributed by atoms with Crippen molar-refractivity contribution in [1.29, 1.82) is 0 Å². The van der Waals surface area contributed by atoms with E-state index in [4.69, 9.17) is 11.6 Å². The second-order valence-corrected chi connectivity index (χ2v) is 3.06. The minimum absolute atomic E-state index is 0.147. The monoisotopic (exact) mass is 201 g/mol. The maximum atomic E-state index is 12.8. The van der Waals surface area contributed by atoms with Crippen LogP contribution < -0.4 is 5.32 Å². The third kappa shape index (κ3) is 3.03. The van der Waals surface area contributed by atoms with Crippen molar-refractivity contribution in [3.8, 4) is 0 Å². The molecule has 0 unspecified atom stereocenters. The molecule has 0 atom stereocenters. The standard InChI is InChI=1S/C9H9ClFNO/c1-12-9(13)4-6-2-7(10)5-8(11)3-6/h2-3,5H,4H2,1H3,(H,12,13). The average Bonchev–Trinajstić information content (AvgIpc) is 2.02. The van der Waals surface area contributed by atoms with Crippen LogP contribution in [-0.2, 0) is 11.2 Å². The zero-order chi connectivity index (χ0) is 9.84. The Bertz CT molecular complexity index is 307. The van der Waals surface area contributed by atoms with E-state index in [1.165, 1.54) is 19.2 Å². The van der Waals surface area contributed by atoms with E-state index in [0.29, 0.717) is 10.6 Å². The summed E-state index contributed by atoms with van der Waals surface area (Å²) in [6, 6.07) is 4.07. The SMILES string of the molecule is CNC(=O)Cc1cc(F)cc(Cl)c1. The van der Waals surface area contributed by atoms with Crippen LogP contribution >= 0.6 is 11.6 Å². The van der Waals surface area contributed by atoms with Gasteiger partial charge in [-0.15, -0.1) is 0 Å². The van der Waals surface area contributed by atoms with Gasteiger partial charge in [0, 0.05) is 12.1 Å². The Morgan fingerprint density at radius 3 is 2.77 bits per heavy atom. The second kappa shape index (κ2) is 4.23. The molecule has 0 aromatic heterocycles. The van der Waals surface area contributed by atoms with Gasteiger partial charge in [0.2, 0.25) is 5.91 Å². The highest BCUT2D eigenvalue weighted by Gasteiger charge is 2.03. The van der Waals surface area contributed by atoms with Gasteiger partial charge in [0.05, 0.1) is 6.42 Å². The van der Waals surface area contributed by atoms with Crippen LogP contribution in [0.1, 0.15) is 5.56 Å². The summed E-state index contributed by atoms with van der Waals surface area (Å²) in [6.45, 7) is 0. The highest BCUT2D eigenvalue weighted by atomic mass is 35.5. The van der Waals surface area contributed by atoms with Gasteiger partial charge in [0.15, 0.2) is 0 Å². The van der Waals surface area contributed by atoms with Crippen LogP contribution in [0.15, 0.2) is 18.2 Å². The third-order valence-corrected chi connectivity index (χ3v) is 1.78. The lowest BCUT2D eigenvalue weighted by Crippen LogP contribution is -2.19. The summed E-state index contributed by atoms with van der Waals surface area (Å²) < 4.78 is 12.8. The number of carbonyl (C=O) groups is 1. The van der Waals surface area contributed by atoms with Gasteiger partial charge in [0.25, 0.3) is 0 Å². The molecule has 0 aliphatic rings. The Labute approximate surface area is 80.7 Å². The number of amides is 1. The van der Waals surface area contributed by atoms with Gasteiger partial charge in [-0.1, -0.05) is 11.6 Å². The number of rotatable bonds is 2. The summed E-state index contributed by atoms with van der Waals surface area (Å²) in [6.07, 6.45) is 0.147. The molecule has 0 heterocycles. The maximum Gasteiger partial charge on any atom is 0.224 e. The molecule has 0 aliphatic carbocycles. The van der Waals surface area contributed by atoms with E-state index in [0.717, 1.165) is 0 Å². The Kier molecular flexibility index (Phi) is 3.25. The molecule has 70 valence electrons. The van der Waals surface area contributed by atoms with E-state index < -0.39 is 5.82 Å². The number of carbonyl (C=O) groups excluding carboxylic acids is 1. The molecule has 1 N–H and O–H groups in total. The topological polar surface area (TPSA) is 29.1 Å². The minimum Gasteiger partial charge on any atom is -0.359 e. The third-order valence-electron chi connectivity index (χ3n) is 1.57. The van der Waals surface area contributed by atoms with E-state index in [1.807, 2.05) is 0 Å². The number of halogens is 2. The molecule has 0 radical (unpaired) electrons. The first-order valence-electron chi connectivity index (χ1n) is 3.77. The van der Waals surface area contributed by atoms with E-state index in [1.54, 1.807) is 6.07 Å². The van der Waals surface area contributed by atoms with E-state index in [2.05, 4.69) is 5.32 Å². The van der Waals surface area contributed by atoms with Crippen molar-refractivity contribution in [2.75, 3.05) is 7.05 Å². The molecule has 13 heavy (non-hydrogen) atoms. The molecule has 4 heteroatoms. The summed E-state index contributed by atoms with van der Waals surface area (Å²) in [4.78, 5) is 10.9. The van der Waals surface area contributed by atoms with Crippen LogP contribution in [0.3, 0.4) is 0 Å². The van der Waals surface area contributed by atoms with Crippen LogP contribution in [-0.4, -0.2) is 13.0 Å².